The Morgan fingerprint density at radius 3 is 2.65 bits per heavy atom. The van der Waals surface area contributed by atoms with Gasteiger partial charge in [-0.15, -0.1) is 0 Å². The van der Waals surface area contributed by atoms with Crippen LogP contribution in [-0.4, -0.2) is 64.0 Å². The maximum absolute atomic E-state index is 13.1. The molecular weight excluding hydrogens is 428 g/mol. The number of nitrogens with one attached hydrogen (secondary N) is 1. The van der Waals surface area contributed by atoms with Crippen LogP contribution < -0.4 is 5.32 Å². The SMILES string of the molecule is O=C(Nc1ccc2c(c1)CCN(CC(O)CN1CCc3ccccc3C1)C2=O)c1cccnc1. The van der Waals surface area contributed by atoms with Crippen LogP contribution in [0.5, 0.6) is 0 Å². The van der Waals surface area contributed by atoms with E-state index in [1.807, 2.05) is 6.07 Å². The zero-order valence-corrected chi connectivity index (χ0v) is 19.0. The van der Waals surface area contributed by atoms with Crippen LogP contribution in [0.4, 0.5) is 5.69 Å². The van der Waals surface area contributed by atoms with Gasteiger partial charge in [0, 0.05) is 56.4 Å². The Hall–Kier alpha value is -3.55. The monoisotopic (exact) mass is 456 g/mol. The van der Waals surface area contributed by atoms with E-state index < -0.39 is 6.10 Å². The lowest BCUT2D eigenvalue weighted by atomic mass is 9.97. The summed E-state index contributed by atoms with van der Waals surface area (Å²) >= 11 is 0. The molecule has 1 unspecified atom stereocenters. The van der Waals surface area contributed by atoms with E-state index in [0.717, 1.165) is 25.1 Å². The largest absolute Gasteiger partial charge is 0.390 e. The van der Waals surface area contributed by atoms with Gasteiger partial charge in [0.1, 0.15) is 0 Å². The van der Waals surface area contributed by atoms with Crippen LogP contribution in [0, 0.1) is 0 Å². The van der Waals surface area contributed by atoms with Crippen molar-refractivity contribution in [1.82, 2.24) is 14.8 Å². The number of fused-ring (bicyclic) bond motifs is 2. The first-order valence-corrected chi connectivity index (χ1v) is 11.7. The van der Waals surface area contributed by atoms with Crippen molar-refractivity contribution in [3.05, 3.63) is 94.8 Å². The van der Waals surface area contributed by atoms with Crippen molar-refractivity contribution >= 4 is 17.5 Å². The molecule has 5 rings (SSSR count). The van der Waals surface area contributed by atoms with Gasteiger partial charge in [0.25, 0.3) is 11.8 Å². The predicted molar refractivity (Wildman–Crippen MR) is 130 cm³/mol. The molecule has 0 aliphatic carbocycles. The van der Waals surface area contributed by atoms with E-state index in [4.69, 9.17) is 0 Å². The minimum atomic E-state index is -0.603. The third-order valence-corrected chi connectivity index (χ3v) is 6.57. The summed E-state index contributed by atoms with van der Waals surface area (Å²) in [6, 6.07) is 17.2. The molecule has 2 aliphatic rings. The lowest BCUT2D eigenvalue weighted by molar-refractivity contribution is 0.0493. The number of hydrogen-bond donors (Lipinski definition) is 2. The van der Waals surface area contributed by atoms with E-state index >= 15 is 0 Å². The maximum Gasteiger partial charge on any atom is 0.257 e. The number of carbonyl (C=O) groups excluding carboxylic acids is 2. The van der Waals surface area contributed by atoms with E-state index in [0.29, 0.717) is 42.9 Å². The number of amides is 2. The minimum Gasteiger partial charge on any atom is -0.390 e. The smallest absolute Gasteiger partial charge is 0.257 e. The van der Waals surface area contributed by atoms with Gasteiger partial charge in [-0.1, -0.05) is 24.3 Å². The molecule has 0 bridgehead atoms. The molecule has 0 radical (unpaired) electrons. The van der Waals surface area contributed by atoms with Crippen molar-refractivity contribution in [2.75, 3.05) is 31.5 Å². The molecule has 0 saturated heterocycles. The van der Waals surface area contributed by atoms with E-state index in [1.165, 1.54) is 17.3 Å². The van der Waals surface area contributed by atoms with E-state index in [9.17, 15) is 14.7 Å². The standard InChI is InChI=1S/C27H28N4O3/c32-24(17-30-12-9-19-4-1-2-5-22(19)16-30)18-31-13-10-20-14-23(7-8-25(20)27(31)34)29-26(33)21-6-3-11-28-15-21/h1-8,11,14-15,24,32H,9-10,12-13,16-18H2,(H,29,33). The fourth-order valence-electron chi connectivity index (χ4n) is 4.81. The number of benzene rings is 2. The zero-order chi connectivity index (χ0) is 23.5. The van der Waals surface area contributed by atoms with Crippen molar-refractivity contribution in [2.45, 2.75) is 25.5 Å². The van der Waals surface area contributed by atoms with Gasteiger partial charge in [0.2, 0.25) is 0 Å². The second-order valence-electron chi connectivity index (χ2n) is 8.98. The third-order valence-electron chi connectivity index (χ3n) is 6.57. The Kier molecular flexibility index (Phi) is 6.38. The van der Waals surface area contributed by atoms with Gasteiger partial charge < -0.3 is 15.3 Å². The maximum atomic E-state index is 13.1. The van der Waals surface area contributed by atoms with Gasteiger partial charge >= 0.3 is 0 Å². The van der Waals surface area contributed by atoms with Crippen molar-refractivity contribution in [3.8, 4) is 0 Å². The number of β-amino-alcohol motifs (C(OH)–C–C–N with tert-alkyl or cyclic N) is 1. The fourth-order valence-corrected chi connectivity index (χ4v) is 4.81. The molecule has 1 atom stereocenters. The van der Waals surface area contributed by atoms with Crippen molar-refractivity contribution < 1.29 is 14.7 Å². The lowest BCUT2D eigenvalue weighted by Crippen LogP contribution is -2.46. The number of aliphatic hydroxyl groups is 1. The molecule has 7 nitrogen and oxygen atoms in total. The second-order valence-corrected chi connectivity index (χ2v) is 8.98. The molecule has 0 fully saturated rings. The summed E-state index contributed by atoms with van der Waals surface area (Å²) in [5.74, 6) is -0.310. The van der Waals surface area contributed by atoms with Gasteiger partial charge in [0.05, 0.1) is 11.7 Å². The van der Waals surface area contributed by atoms with Gasteiger partial charge in [-0.05, 0) is 59.9 Å². The van der Waals surface area contributed by atoms with Crippen LogP contribution in [0.2, 0.25) is 0 Å². The molecule has 3 heterocycles. The van der Waals surface area contributed by atoms with Crippen molar-refractivity contribution in [1.29, 1.82) is 0 Å². The quantitative estimate of drug-likeness (QED) is 0.596. The molecular formula is C27H28N4O3. The molecule has 1 aromatic heterocycles. The molecule has 34 heavy (non-hydrogen) atoms. The molecule has 174 valence electrons. The first kappa shape index (κ1) is 22.3. The molecule has 2 amide bonds. The summed E-state index contributed by atoms with van der Waals surface area (Å²) in [4.78, 5) is 33.4. The number of hydrogen-bond acceptors (Lipinski definition) is 5. The molecule has 2 aliphatic heterocycles. The van der Waals surface area contributed by atoms with Gasteiger partial charge in [-0.25, -0.2) is 0 Å². The fraction of sp³-hybridized carbons (Fsp3) is 0.296. The molecule has 2 N–H and O–H groups in total. The van der Waals surface area contributed by atoms with E-state index in [1.54, 1.807) is 35.4 Å². The van der Waals surface area contributed by atoms with Crippen LogP contribution in [0.3, 0.4) is 0 Å². The minimum absolute atomic E-state index is 0.0746. The summed E-state index contributed by atoms with van der Waals surface area (Å²) in [7, 11) is 0. The van der Waals surface area contributed by atoms with Crippen LogP contribution in [0.25, 0.3) is 0 Å². The summed E-state index contributed by atoms with van der Waals surface area (Å²) < 4.78 is 0. The van der Waals surface area contributed by atoms with Gasteiger partial charge in [0.15, 0.2) is 0 Å². The summed E-state index contributed by atoms with van der Waals surface area (Å²) in [5.41, 5.74) is 5.37. The Labute approximate surface area is 199 Å². The number of pyridine rings is 1. The first-order chi connectivity index (χ1) is 16.6. The normalized spacial score (nSPS) is 16.5. The third kappa shape index (κ3) is 4.85. The number of anilines is 1. The number of carbonyl (C=O) groups is 2. The Morgan fingerprint density at radius 1 is 1.00 bits per heavy atom. The average Bonchev–Trinajstić information content (AvgIpc) is 2.86. The Bertz CT molecular complexity index is 1200. The predicted octanol–water partition coefficient (Wildman–Crippen LogP) is 2.75. The molecule has 0 saturated carbocycles. The lowest BCUT2D eigenvalue weighted by Gasteiger charge is -2.34. The Morgan fingerprint density at radius 2 is 1.82 bits per heavy atom. The number of nitrogens with zero attached hydrogens (tertiary/aromatic N) is 3. The summed E-state index contributed by atoms with van der Waals surface area (Å²) in [6.45, 7) is 3.15. The Balaban J connectivity index is 1.18. The van der Waals surface area contributed by atoms with Crippen LogP contribution in [-0.2, 0) is 19.4 Å². The first-order valence-electron chi connectivity index (χ1n) is 11.7. The zero-order valence-electron chi connectivity index (χ0n) is 19.0. The summed E-state index contributed by atoms with van der Waals surface area (Å²) in [6.07, 6.45) is 4.20. The number of aromatic nitrogens is 1. The van der Waals surface area contributed by atoms with Crippen LogP contribution in [0.1, 0.15) is 37.4 Å². The van der Waals surface area contributed by atoms with Gasteiger partial charge in [-0.3, -0.25) is 19.5 Å². The summed E-state index contributed by atoms with van der Waals surface area (Å²) in [5, 5.41) is 13.6. The molecule has 7 heteroatoms. The average molecular weight is 457 g/mol. The highest BCUT2D eigenvalue weighted by Gasteiger charge is 2.27. The number of aliphatic hydroxyl groups excluding tert-OH is 1. The molecule has 2 aromatic carbocycles. The van der Waals surface area contributed by atoms with Crippen molar-refractivity contribution in [3.63, 3.8) is 0 Å². The van der Waals surface area contributed by atoms with Gasteiger partial charge in [-0.2, -0.15) is 0 Å². The highest BCUT2D eigenvalue weighted by Crippen LogP contribution is 2.24. The van der Waals surface area contributed by atoms with E-state index in [-0.39, 0.29) is 11.8 Å². The van der Waals surface area contributed by atoms with E-state index in [2.05, 4.69) is 39.5 Å². The van der Waals surface area contributed by atoms with Crippen molar-refractivity contribution in [2.24, 2.45) is 0 Å². The molecule has 0 spiro atoms. The van der Waals surface area contributed by atoms with Crippen LogP contribution in [0.15, 0.2) is 67.0 Å². The molecule has 3 aromatic rings. The second kappa shape index (κ2) is 9.75. The topological polar surface area (TPSA) is 85.8 Å². The van der Waals surface area contributed by atoms with Crippen LogP contribution >= 0.6 is 0 Å². The highest BCUT2D eigenvalue weighted by molar-refractivity contribution is 6.04. The number of rotatable bonds is 6. The highest BCUT2D eigenvalue weighted by atomic mass is 16.3.